The summed E-state index contributed by atoms with van der Waals surface area (Å²) in [7, 11) is 0. The summed E-state index contributed by atoms with van der Waals surface area (Å²) in [6.07, 6.45) is -1.31. The van der Waals surface area contributed by atoms with E-state index in [-0.39, 0.29) is 26.3 Å². The molecule has 0 aliphatic carbocycles. The lowest BCUT2D eigenvalue weighted by Gasteiger charge is -2.29. The van der Waals surface area contributed by atoms with Crippen LogP contribution in [0.3, 0.4) is 0 Å². The maximum Gasteiger partial charge on any atom is 0.269 e. The number of morpholine rings is 1. The van der Waals surface area contributed by atoms with Crippen LogP contribution in [-0.4, -0.2) is 61.5 Å². The summed E-state index contributed by atoms with van der Waals surface area (Å²) in [5.74, 6) is -6.02. The van der Waals surface area contributed by atoms with Gasteiger partial charge in [0.25, 0.3) is 11.9 Å². The van der Waals surface area contributed by atoms with E-state index in [4.69, 9.17) is 4.74 Å². The summed E-state index contributed by atoms with van der Waals surface area (Å²) in [4.78, 5) is 34.7. The first-order valence-electron chi connectivity index (χ1n) is 11.9. The number of para-hydroxylation sites is 1. The van der Waals surface area contributed by atoms with Crippen LogP contribution in [0.1, 0.15) is 11.1 Å². The number of nitrogens with one attached hydrogen (secondary N) is 3. The normalized spacial score (nSPS) is 17.1. The Hall–Kier alpha value is -4.45. The molecule has 38 heavy (non-hydrogen) atoms. The van der Waals surface area contributed by atoms with Crippen LogP contribution in [-0.2, 0) is 14.3 Å². The van der Waals surface area contributed by atoms with Crippen LogP contribution in [0.4, 0.5) is 30.4 Å². The lowest BCUT2D eigenvalue weighted by molar-refractivity contribution is -0.125. The lowest BCUT2D eigenvalue weighted by atomic mass is 10.0. The Morgan fingerprint density at radius 2 is 1.74 bits per heavy atom. The van der Waals surface area contributed by atoms with Gasteiger partial charge in [0.1, 0.15) is 5.69 Å². The Morgan fingerprint density at radius 1 is 1.03 bits per heavy atom. The minimum absolute atomic E-state index is 0.165. The molecule has 196 valence electrons. The standard InChI is InChI=1S/C26H23F3N6O3/c27-19-22(35-10-12-38-13-11-35)20(28)24(34-23(19)29)30-14-18(36)32-25-26(37)31-17-9-5-4-8-16(17)21(33-25)15-6-2-1-3-7-15/h1-9,25H,10-14H2,(H,30,34)(H,31,37)(H,32,36)/t25-/m0/s1. The molecule has 3 heterocycles. The maximum absolute atomic E-state index is 15.1. The molecule has 1 aromatic heterocycles. The van der Waals surface area contributed by atoms with E-state index in [0.717, 1.165) is 5.56 Å². The van der Waals surface area contributed by atoms with Crippen molar-refractivity contribution in [2.75, 3.05) is 48.4 Å². The van der Waals surface area contributed by atoms with Crippen molar-refractivity contribution in [3.8, 4) is 0 Å². The summed E-state index contributed by atoms with van der Waals surface area (Å²) in [5, 5.41) is 7.64. The highest BCUT2D eigenvalue weighted by Gasteiger charge is 2.29. The lowest BCUT2D eigenvalue weighted by Crippen LogP contribution is -2.44. The van der Waals surface area contributed by atoms with E-state index < -0.39 is 53.6 Å². The van der Waals surface area contributed by atoms with Gasteiger partial charge in [-0.25, -0.2) is 9.38 Å². The van der Waals surface area contributed by atoms with Gasteiger partial charge in [0, 0.05) is 24.2 Å². The molecule has 1 fully saturated rings. The van der Waals surface area contributed by atoms with Crippen LogP contribution in [0.5, 0.6) is 0 Å². The van der Waals surface area contributed by atoms with Gasteiger partial charge in [-0.1, -0.05) is 48.5 Å². The molecule has 9 nitrogen and oxygen atoms in total. The molecular weight excluding hydrogens is 501 g/mol. The summed E-state index contributed by atoms with van der Waals surface area (Å²) in [5.41, 5.74) is 1.84. The molecule has 3 N–H and O–H groups in total. The van der Waals surface area contributed by atoms with Crippen molar-refractivity contribution in [3.05, 3.63) is 83.3 Å². The number of carbonyl (C=O) groups is 2. The van der Waals surface area contributed by atoms with Crippen LogP contribution in [0.15, 0.2) is 59.6 Å². The average molecular weight is 525 g/mol. The number of ether oxygens (including phenoxy) is 1. The number of halogens is 3. The summed E-state index contributed by atoms with van der Waals surface area (Å²) in [6, 6.07) is 16.2. The zero-order chi connectivity index (χ0) is 26.6. The highest BCUT2D eigenvalue weighted by molar-refractivity contribution is 6.19. The van der Waals surface area contributed by atoms with E-state index in [1.54, 1.807) is 24.3 Å². The second kappa shape index (κ2) is 10.9. The quantitative estimate of drug-likeness (QED) is 0.428. The third-order valence-electron chi connectivity index (χ3n) is 6.05. The van der Waals surface area contributed by atoms with Gasteiger partial charge in [-0.2, -0.15) is 13.8 Å². The number of aliphatic imine (C=N–C) groups is 1. The Balaban J connectivity index is 1.35. The maximum atomic E-state index is 15.1. The largest absolute Gasteiger partial charge is 0.378 e. The summed E-state index contributed by atoms with van der Waals surface area (Å²) < 4.78 is 48.8. The van der Waals surface area contributed by atoms with Gasteiger partial charge in [0.15, 0.2) is 11.6 Å². The number of pyridine rings is 1. The predicted molar refractivity (Wildman–Crippen MR) is 135 cm³/mol. The fourth-order valence-electron chi connectivity index (χ4n) is 4.23. The minimum Gasteiger partial charge on any atom is -0.378 e. The van der Waals surface area contributed by atoms with Crippen LogP contribution in [0, 0.1) is 17.6 Å². The molecule has 5 rings (SSSR count). The van der Waals surface area contributed by atoms with Crippen molar-refractivity contribution in [1.29, 1.82) is 0 Å². The number of carbonyl (C=O) groups excluding carboxylic acids is 2. The van der Waals surface area contributed by atoms with E-state index in [9.17, 15) is 18.4 Å². The third kappa shape index (κ3) is 5.16. The zero-order valence-electron chi connectivity index (χ0n) is 20.0. The molecule has 12 heteroatoms. The Bertz CT molecular complexity index is 1400. The van der Waals surface area contributed by atoms with Gasteiger partial charge < -0.3 is 25.6 Å². The molecule has 0 spiro atoms. The van der Waals surface area contributed by atoms with Crippen molar-refractivity contribution in [1.82, 2.24) is 10.3 Å². The molecule has 0 radical (unpaired) electrons. The van der Waals surface area contributed by atoms with Gasteiger partial charge in [0.2, 0.25) is 17.9 Å². The van der Waals surface area contributed by atoms with Gasteiger partial charge in [0.05, 0.1) is 31.2 Å². The topological polar surface area (TPSA) is 108 Å². The second-order valence-electron chi connectivity index (χ2n) is 8.53. The molecule has 3 aromatic rings. The smallest absolute Gasteiger partial charge is 0.269 e. The minimum atomic E-state index is -1.51. The predicted octanol–water partition coefficient (Wildman–Crippen LogP) is 2.68. The number of hydrogen-bond donors (Lipinski definition) is 3. The second-order valence-corrected chi connectivity index (χ2v) is 8.53. The summed E-state index contributed by atoms with van der Waals surface area (Å²) >= 11 is 0. The monoisotopic (exact) mass is 524 g/mol. The Labute approximate surface area is 215 Å². The molecule has 0 saturated carbocycles. The number of aromatic nitrogens is 1. The Morgan fingerprint density at radius 3 is 2.50 bits per heavy atom. The Kier molecular flexibility index (Phi) is 7.22. The van der Waals surface area contributed by atoms with Gasteiger partial charge in [-0.05, 0) is 6.07 Å². The number of nitrogens with zero attached hydrogens (tertiary/aromatic N) is 3. The van der Waals surface area contributed by atoms with Gasteiger partial charge in [-0.3, -0.25) is 9.59 Å². The van der Waals surface area contributed by atoms with Crippen LogP contribution < -0.4 is 20.9 Å². The molecule has 2 aromatic carbocycles. The van der Waals surface area contributed by atoms with E-state index in [1.165, 1.54) is 4.90 Å². The van der Waals surface area contributed by atoms with Crippen molar-refractivity contribution < 1.29 is 27.5 Å². The molecule has 2 aliphatic heterocycles. The van der Waals surface area contributed by atoms with Gasteiger partial charge >= 0.3 is 0 Å². The molecule has 0 unspecified atom stereocenters. The SMILES string of the molecule is O=C(CNc1nc(F)c(F)c(N2CCOCC2)c1F)N[C@H]1N=C(c2ccccc2)c2ccccc2NC1=O. The molecule has 2 aliphatic rings. The van der Waals surface area contributed by atoms with Crippen molar-refractivity contribution in [2.24, 2.45) is 4.99 Å². The number of anilines is 3. The number of benzene rings is 2. The number of hydrogen-bond acceptors (Lipinski definition) is 7. The number of benzodiazepines with no additional fused rings is 1. The fraction of sp³-hybridized carbons (Fsp3) is 0.231. The first-order chi connectivity index (χ1) is 18.4. The number of amides is 2. The molecular formula is C26H23F3N6O3. The number of fused-ring (bicyclic) bond motifs is 1. The summed E-state index contributed by atoms with van der Waals surface area (Å²) in [6.45, 7) is 0.209. The van der Waals surface area contributed by atoms with E-state index in [1.807, 2.05) is 30.3 Å². The van der Waals surface area contributed by atoms with Crippen molar-refractivity contribution in [2.45, 2.75) is 6.17 Å². The molecule has 1 atom stereocenters. The van der Waals surface area contributed by atoms with Crippen molar-refractivity contribution in [3.63, 3.8) is 0 Å². The van der Waals surface area contributed by atoms with E-state index in [0.29, 0.717) is 17.0 Å². The molecule has 2 amide bonds. The fourth-order valence-corrected chi connectivity index (χ4v) is 4.23. The number of rotatable bonds is 6. The molecule has 1 saturated heterocycles. The molecule has 0 bridgehead atoms. The van der Waals surface area contributed by atoms with Gasteiger partial charge in [-0.15, -0.1) is 0 Å². The highest BCUT2D eigenvalue weighted by Crippen LogP contribution is 2.30. The highest BCUT2D eigenvalue weighted by atomic mass is 19.2. The average Bonchev–Trinajstić information content (AvgIpc) is 3.07. The van der Waals surface area contributed by atoms with Crippen LogP contribution in [0.2, 0.25) is 0 Å². The van der Waals surface area contributed by atoms with E-state index >= 15 is 4.39 Å². The third-order valence-corrected chi connectivity index (χ3v) is 6.05. The first kappa shape index (κ1) is 25.2. The van der Waals surface area contributed by atoms with Crippen LogP contribution in [0.25, 0.3) is 0 Å². The van der Waals surface area contributed by atoms with Crippen molar-refractivity contribution >= 4 is 34.7 Å². The van der Waals surface area contributed by atoms with Crippen LogP contribution >= 0.6 is 0 Å². The van der Waals surface area contributed by atoms with E-state index in [2.05, 4.69) is 25.9 Å². The zero-order valence-corrected chi connectivity index (χ0v) is 20.0. The first-order valence-corrected chi connectivity index (χ1v) is 11.9.